The number of rotatable bonds is 6. The van der Waals surface area contributed by atoms with E-state index >= 15 is 0 Å². The van der Waals surface area contributed by atoms with E-state index in [1.165, 1.54) is 31.2 Å². The molecule has 0 unspecified atom stereocenters. The molecule has 2 aliphatic rings. The Morgan fingerprint density at radius 3 is 2.79 bits per heavy atom. The maximum Gasteiger partial charge on any atom is 0.317 e. The highest BCUT2D eigenvalue weighted by Gasteiger charge is 2.32. The first-order valence-corrected chi connectivity index (χ1v) is 9.34. The summed E-state index contributed by atoms with van der Waals surface area (Å²) in [6.07, 6.45) is 8.39. The predicted molar refractivity (Wildman–Crippen MR) is 93.0 cm³/mol. The third kappa shape index (κ3) is 3.91. The fraction of sp³-hybridized carbons (Fsp3) is 0.778. The van der Waals surface area contributed by atoms with Crippen LogP contribution in [-0.2, 0) is 4.74 Å². The highest BCUT2D eigenvalue weighted by Crippen LogP contribution is 2.34. The van der Waals surface area contributed by atoms with Crippen LogP contribution in [0.3, 0.4) is 0 Å². The van der Waals surface area contributed by atoms with Crippen LogP contribution in [0.5, 0.6) is 0 Å². The van der Waals surface area contributed by atoms with E-state index in [2.05, 4.69) is 15.5 Å². The number of carbonyl (C=O) groups excluding carboxylic acids is 1. The second-order valence-corrected chi connectivity index (χ2v) is 7.06. The zero-order chi connectivity index (χ0) is 16.9. The molecule has 0 aromatic carbocycles. The maximum absolute atomic E-state index is 12.5. The predicted octanol–water partition coefficient (Wildman–Crippen LogP) is 3.22. The van der Waals surface area contributed by atoms with Gasteiger partial charge in [-0.3, -0.25) is 5.10 Å². The Labute approximate surface area is 144 Å². The SMILES string of the molecule is Cc1n[nH]c(C)c1[C@@H]1CCCN1C(=O)NCCCOC1CCCC1. The van der Waals surface area contributed by atoms with Crippen LogP contribution in [0.1, 0.15) is 67.9 Å². The van der Waals surface area contributed by atoms with Gasteiger partial charge in [0.25, 0.3) is 0 Å². The molecule has 0 spiro atoms. The number of aromatic nitrogens is 2. The van der Waals surface area contributed by atoms with Crippen molar-refractivity contribution < 1.29 is 9.53 Å². The Balaban J connectivity index is 1.44. The van der Waals surface area contributed by atoms with E-state index < -0.39 is 0 Å². The van der Waals surface area contributed by atoms with Crippen molar-refractivity contribution in [2.24, 2.45) is 0 Å². The van der Waals surface area contributed by atoms with Crippen molar-refractivity contribution in [3.8, 4) is 0 Å². The second-order valence-electron chi connectivity index (χ2n) is 7.06. The molecule has 6 nitrogen and oxygen atoms in total. The Kier molecular flexibility index (Phi) is 5.76. The number of nitrogens with zero attached hydrogens (tertiary/aromatic N) is 2. The van der Waals surface area contributed by atoms with Crippen LogP contribution in [0.25, 0.3) is 0 Å². The molecular weight excluding hydrogens is 304 g/mol. The van der Waals surface area contributed by atoms with Gasteiger partial charge in [-0.05, 0) is 46.0 Å². The largest absolute Gasteiger partial charge is 0.378 e. The molecule has 2 N–H and O–H groups in total. The summed E-state index contributed by atoms with van der Waals surface area (Å²) in [4.78, 5) is 14.5. The standard InChI is InChI=1S/C18H30N4O2/c1-13-17(14(2)21-20-13)16-9-5-11-22(16)18(23)19-10-6-12-24-15-7-3-4-8-15/h15-16H,3-12H2,1-2H3,(H,19,23)(H,20,21)/t16-/m0/s1. The van der Waals surface area contributed by atoms with Gasteiger partial charge in [0.05, 0.1) is 17.8 Å². The van der Waals surface area contributed by atoms with Crippen molar-refractivity contribution in [1.29, 1.82) is 0 Å². The summed E-state index contributed by atoms with van der Waals surface area (Å²) in [5.74, 6) is 0. The van der Waals surface area contributed by atoms with E-state index in [0.29, 0.717) is 12.6 Å². The molecule has 134 valence electrons. The number of hydrogen-bond donors (Lipinski definition) is 2. The van der Waals surface area contributed by atoms with Gasteiger partial charge in [-0.1, -0.05) is 12.8 Å². The highest BCUT2D eigenvalue weighted by atomic mass is 16.5. The lowest BCUT2D eigenvalue weighted by atomic mass is 10.0. The van der Waals surface area contributed by atoms with Crippen LogP contribution in [0.2, 0.25) is 0 Å². The number of urea groups is 1. The van der Waals surface area contributed by atoms with Crippen LogP contribution < -0.4 is 5.32 Å². The molecule has 1 aromatic heterocycles. The first-order chi connectivity index (χ1) is 11.7. The van der Waals surface area contributed by atoms with Crippen LogP contribution in [0.15, 0.2) is 0 Å². The molecule has 1 saturated heterocycles. The fourth-order valence-corrected chi connectivity index (χ4v) is 4.03. The smallest absolute Gasteiger partial charge is 0.317 e. The lowest BCUT2D eigenvalue weighted by Crippen LogP contribution is -2.40. The van der Waals surface area contributed by atoms with Crippen LogP contribution in [0.4, 0.5) is 4.79 Å². The van der Waals surface area contributed by atoms with E-state index in [0.717, 1.165) is 43.8 Å². The molecule has 1 saturated carbocycles. The highest BCUT2D eigenvalue weighted by molar-refractivity contribution is 5.75. The molecule has 0 radical (unpaired) electrons. The molecule has 1 aliphatic carbocycles. The molecule has 1 aliphatic heterocycles. The average molecular weight is 334 g/mol. The van der Waals surface area contributed by atoms with Crippen molar-refractivity contribution in [2.45, 2.75) is 70.9 Å². The van der Waals surface area contributed by atoms with Crippen molar-refractivity contribution >= 4 is 6.03 Å². The van der Waals surface area contributed by atoms with E-state index in [4.69, 9.17) is 4.74 Å². The number of nitrogens with one attached hydrogen (secondary N) is 2. The summed E-state index contributed by atoms with van der Waals surface area (Å²) in [5.41, 5.74) is 3.26. The molecule has 2 heterocycles. The number of amides is 2. The number of H-pyrrole nitrogens is 1. The lowest BCUT2D eigenvalue weighted by molar-refractivity contribution is 0.0570. The van der Waals surface area contributed by atoms with Gasteiger partial charge in [0.1, 0.15) is 0 Å². The van der Waals surface area contributed by atoms with Gasteiger partial charge in [-0.25, -0.2) is 4.79 Å². The van der Waals surface area contributed by atoms with Gasteiger partial charge in [-0.15, -0.1) is 0 Å². The molecule has 3 rings (SSSR count). The maximum atomic E-state index is 12.5. The van der Waals surface area contributed by atoms with E-state index in [1.807, 2.05) is 18.7 Å². The van der Waals surface area contributed by atoms with Crippen LogP contribution in [-0.4, -0.2) is 46.9 Å². The van der Waals surface area contributed by atoms with Gasteiger partial charge in [0.15, 0.2) is 0 Å². The van der Waals surface area contributed by atoms with E-state index in [1.54, 1.807) is 0 Å². The number of aryl methyl sites for hydroxylation is 2. The molecule has 6 heteroatoms. The number of aromatic amines is 1. The normalized spacial score (nSPS) is 21.6. The Morgan fingerprint density at radius 2 is 2.08 bits per heavy atom. The van der Waals surface area contributed by atoms with Crippen molar-refractivity contribution in [3.63, 3.8) is 0 Å². The minimum absolute atomic E-state index is 0.0402. The third-order valence-electron chi connectivity index (χ3n) is 5.29. The van der Waals surface area contributed by atoms with Crippen molar-refractivity contribution in [2.75, 3.05) is 19.7 Å². The summed E-state index contributed by atoms with van der Waals surface area (Å²) in [6, 6.07) is 0.192. The molecular formula is C18H30N4O2. The molecule has 1 atom stereocenters. The van der Waals surface area contributed by atoms with Gasteiger partial charge >= 0.3 is 6.03 Å². The Bertz CT molecular complexity index is 532. The molecule has 2 fully saturated rings. The van der Waals surface area contributed by atoms with Gasteiger partial charge < -0.3 is 15.0 Å². The lowest BCUT2D eigenvalue weighted by Gasteiger charge is -2.25. The first-order valence-electron chi connectivity index (χ1n) is 9.34. The number of hydrogen-bond acceptors (Lipinski definition) is 3. The van der Waals surface area contributed by atoms with E-state index in [-0.39, 0.29) is 12.1 Å². The monoisotopic (exact) mass is 334 g/mol. The third-order valence-corrected chi connectivity index (χ3v) is 5.29. The number of carbonyl (C=O) groups is 1. The quantitative estimate of drug-likeness (QED) is 0.785. The Hall–Kier alpha value is -1.56. The van der Waals surface area contributed by atoms with Gasteiger partial charge in [0.2, 0.25) is 0 Å². The zero-order valence-corrected chi connectivity index (χ0v) is 14.9. The number of likely N-dealkylation sites (tertiary alicyclic amines) is 1. The molecule has 0 bridgehead atoms. The minimum Gasteiger partial charge on any atom is -0.378 e. The summed E-state index contributed by atoms with van der Waals surface area (Å²) in [5, 5.41) is 10.4. The first kappa shape index (κ1) is 17.3. The van der Waals surface area contributed by atoms with E-state index in [9.17, 15) is 4.79 Å². The molecule has 1 aromatic rings. The van der Waals surface area contributed by atoms with Crippen molar-refractivity contribution in [3.05, 3.63) is 17.0 Å². The van der Waals surface area contributed by atoms with Crippen molar-refractivity contribution in [1.82, 2.24) is 20.4 Å². The summed E-state index contributed by atoms with van der Waals surface area (Å²) >= 11 is 0. The van der Waals surface area contributed by atoms with Gasteiger partial charge in [0, 0.05) is 31.0 Å². The molecule has 2 amide bonds. The summed E-state index contributed by atoms with van der Waals surface area (Å²) in [7, 11) is 0. The average Bonchev–Trinajstić information content (AvgIpc) is 3.29. The van der Waals surface area contributed by atoms with Crippen LogP contribution >= 0.6 is 0 Å². The topological polar surface area (TPSA) is 70.2 Å². The fourth-order valence-electron chi connectivity index (χ4n) is 4.03. The summed E-state index contributed by atoms with van der Waals surface area (Å²) < 4.78 is 5.84. The summed E-state index contributed by atoms with van der Waals surface area (Å²) in [6.45, 7) is 6.28. The van der Waals surface area contributed by atoms with Gasteiger partial charge in [-0.2, -0.15) is 5.10 Å². The molecule has 24 heavy (non-hydrogen) atoms. The van der Waals surface area contributed by atoms with Crippen LogP contribution in [0, 0.1) is 13.8 Å². The Morgan fingerprint density at radius 1 is 1.29 bits per heavy atom. The second kappa shape index (κ2) is 8.01. The number of ether oxygens (including phenoxy) is 1. The minimum atomic E-state index is 0.0402. The zero-order valence-electron chi connectivity index (χ0n) is 14.9.